The average molecular weight is 271 g/mol. The topological polar surface area (TPSA) is 86.6 Å². The molecule has 2 rings (SSSR count). The van der Waals surface area contributed by atoms with Gasteiger partial charge in [0.05, 0.1) is 5.56 Å². The van der Waals surface area contributed by atoms with E-state index >= 15 is 0 Å². The van der Waals surface area contributed by atoms with Gasteiger partial charge in [-0.25, -0.2) is 4.79 Å². The van der Waals surface area contributed by atoms with Crippen molar-refractivity contribution in [1.82, 2.24) is 0 Å². The van der Waals surface area contributed by atoms with E-state index in [4.69, 9.17) is 5.11 Å². The van der Waals surface area contributed by atoms with Crippen LogP contribution in [0.3, 0.4) is 0 Å². The highest BCUT2D eigenvalue weighted by Gasteiger charge is 2.17. The first-order valence-electron chi connectivity index (χ1n) is 5.95. The lowest BCUT2D eigenvalue weighted by Gasteiger charge is -2.11. The normalized spacial score (nSPS) is 11.7. The zero-order chi connectivity index (χ0) is 14.5. The number of aliphatic hydroxyl groups is 1. The first kappa shape index (κ1) is 13.8. The van der Waals surface area contributed by atoms with E-state index in [-0.39, 0.29) is 5.56 Å². The summed E-state index contributed by atoms with van der Waals surface area (Å²) in [7, 11) is 0. The molecule has 1 unspecified atom stereocenters. The lowest BCUT2D eigenvalue weighted by molar-refractivity contribution is -0.124. The molecule has 3 N–H and O–H groups in total. The Morgan fingerprint density at radius 3 is 2.35 bits per heavy atom. The van der Waals surface area contributed by atoms with Gasteiger partial charge in [0, 0.05) is 5.69 Å². The number of benzene rings is 2. The maximum atomic E-state index is 11.9. The Hall–Kier alpha value is -2.66. The summed E-state index contributed by atoms with van der Waals surface area (Å²) in [5, 5.41) is 21.3. The molecular formula is C15H13NO4. The Labute approximate surface area is 115 Å². The molecular weight excluding hydrogens is 258 g/mol. The highest BCUT2D eigenvalue weighted by Crippen LogP contribution is 2.16. The molecule has 20 heavy (non-hydrogen) atoms. The van der Waals surface area contributed by atoms with Gasteiger partial charge in [0.25, 0.3) is 5.91 Å². The lowest BCUT2D eigenvalue weighted by atomic mass is 10.1. The molecule has 0 saturated heterocycles. The summed E-state index contributed by atoms with van der Waals surface area (Å²) in [4.78, 5) is 22.7. The van der Waals surface area contributed by atoms with E-state index in [0.717, 1.165) is 0 Å². The number of nitrogens with one attached hydrogen (secondary N) is 1. The lowest BCUT2D eigenvalue weighted by Crippen LogP contribution is -2.20. The number of anilines is 1. The molecule has 2 aromatic carbocycles. The molecule has 0 spiro atoms. The van der Waals surface area contributed by atoms with Gasteiger partial charge in [-0.2, -0.15) is 0 Å². The van der Waals surface area contributed by atoms with Crippen molar-refractivity contribution in [1.29, 1.82) is 0 Å². The standard InChI is InChI=1S/C15H13NO4/c17-13(10-5-2-1-3-6-10)14(18)16-12-8-4-7-11(9-12)15(19)20/h1-9,13,17H,(H,16,18)(H,19,20). The minimum absolute atomic E-state index is 0.0667. The predicted octanol–water partition coefficient (Wildman–Crippen LogP) is 2.06. The van der Waals surface area contributed by atoms with Crippen LogP contribution in [0.1, 0.15) is 22.0 Å². The van der Waals surface area contributed by atoms with Crippen LogP contribution >= 0.6 is 0 Å². The van der Waals surface area contributed by atoms with E-state index in [1.165, 1.54) is 18.2 Å². The molecule has 0 aromatic heterocycles. The van der Waals surface area contributed by atoms with Crippen LogP contribution in [0.25, 0.3) is 0 Å². The average Bonchev–Trinajstić information content (AvgIpc) is 2.47. The van der Waals surface area contributed by atoms with Crippen molar-refractivity contribution in [3.63, 3.8) is 0 Å². The number of aliphatic hydroxyl groups excluding tert-OH is 1. The molecule has 0 saturated carbocycles. The second-order valence-corrected chi connectivity index (χ2v) is 4.19. The largest absolute Gasteiger partial charge is 0.478 e. The first-order chi connectivity index (χ1) is 9.58. The fourth-order valence-electron chi connectivity index (χ4n) is 1.73. The van der Waals surface area contributed by atoms with Gasteiger partial charge in [-0.3, -0.25) is 4.79 Å². The molecule has 1 atom stereocenters. The summed E-state index contributed by atoms with van der Waals surface area (Å²) in [6.45, 7) is 0. The molecule has 5 heteroatoms. The van der Waals surface area contributed by atoms with Gasteiger partial charge in [0.15, 0.2) is 6.10 Å². The van der Waals surface area contributed by atoms with E-state index < -0.39 is 18.0 Å². The smallest absolute Gasteiger partial charge is 0.335 e. The Balaban J connectivity index is 2.12. The van der Waals surface area contributed by atoms with Crippen molar-refractivity contribution in [2.75, 3.05) is 5.32 Å². The van der Waals surface area contributed by atoms with Gasteiger partial charge in [-0.05, 0) is 23.8 Å². The third-order valence-corrected chi connectivity index (χ3v) is 2.74. The van der Waals surface area contributed by atoms with Crippen LogP contribution < -0.4 is 5.32 Å². The fourth-order valence-corrected chi connectivity index (χ4v) is 1.73. The quantitative estimate of drug-likeness (QED) is 0.794. The maximum absolute atomic E-state index is 11.9. The van der Waals surface area contributed by atoms with Crippen LogP contribution in [0.2, 0.25) is 0 Å². The van der Waals surface area contributed by atoms with E-state index in [0.29, 0.717) is 11.3 Å². The maximum Gasteiger partial charge on any atom is 0.335 e. The third-order valence-electron chi connectivity index (χ3n) is 2.74. The van der Waals surface area contributed by atoms with Gasteiger partial charge in [-0.15, -0.1) is 0 Å². The zero-order valence-electron chi connectivity index (χ0n) is 10.5. The Bertz CT molecular complexity index is 625. The molecule has 2 aromatic rings. The molecule has 0 aliphatic rings. The minimum Gasteiger partial charge on any atom is -0.478 e. The Morgan fingerprint density at radius 2 is 1.70 bits per heavy atom. The van der Waals surface area contributed by atoms with Gasteiger partial charge < -0.3 is 15.5 Å². The number of carbonyl (C=O) groups is 2. The van der Waals surface area contributed by atoms with Crippen molar-refractivity contribution in [2.45, 2.75) is 6.10 Å². The molecule has 0 aliphatic heterocycles. The minimum atomic E-state index is -1.30. The van der Waals surface area contributed by atoms with E-state index in [1.54, 1.807) is 36.4 Å². The van der Waals surface area contributed by atoms with Crippen LogP contribution in [-0.2, 0) is 4.79 Å². The predicted molar refractivity (Wildman–Crippen MR) is 73.4 cm³/mol. The van der Waals surface area contributed by atoms with Crippen LogP contribution in [0.5, 0.6) is 0 Å². The molecule has 0 fully saturated rings. The first-order valence-corrected chi connectivity index (χ1v) is 5.95. The summed E-state index contributed by atoms with van der Waals surface area (Å²) in [6, 6.07) is 14.3. The number of hydrogen-bond acceptors (Lipinski definition) is 3. The molecule has 0 heterocycles. The van der Waals surface area contributed by atoms with Crippen molar-refractivity contribution in [3.05, 3.63) is 65.7 Å². The van der Waals surface area contributed by atoms with Gasteiger partial charge in [0.2, 0.25) is 0 Å². The summed E-state index contributed by atoms with van der Waals surface area (Å²) in [5.74, 6) is -1.69. The summed E-state index contributed by atoms with van der Waals surface area (Å²) in [6.07, 6.45) is -1.30. The van der Waals surface area contributed by atoms with E-state index in [9.17, 15) is 14.7 Å². The molecule has 102 valence electrons. The SMILES string of the molecule is O=C(O)c1cccc(NC(=O)C(O)c2ccccc2)c1. The molecule has 1 amide bonds. The molecule has 0 radical (unpaired) electrons. The summed E-state index contributed by atoms with van der Waals surface area (Å²) in [5.41, 5.74) is 0.862. The van der Waals surface area contributed by atoms with Gasteiger partial charge in [-0.1, -0.05) is 36.4 Å². The number of hydrogen-bond donors (Lipinski definition) is 3. The van der Waals surface area contributed by atoms with Crippen molar-refractivity contribution >= 4 is 17.6 Å². The van der Waals surface area contributed by atoms with Crippen molar-refractivity contribution < 1.29 is 19.8 Å². The highest BCUT2D eigenvalue weighted by atomic mass is 16.4. The van der Waals surface area contributed by atoms with Crippen molar-refractivity contribution in [2.24, 2.45) is 0 Å². The Kier molecular flexibility index (Phi) is 4.12. The number of rotatable bonds is 4. The molecule has 5 nitrogen and oxygen atoms in total. The van der Waals surface area contributed by atoms with E-state index in [2.05, 4.69) is 5.32 Å². The van der Waals surface area contributed by atoms with Crippen LogP contribution in [0.15, 0.2) is 54.6 Å². The van der Waals surface area contributed by atoms with Gasteiger partial charge in [0.1, 0.15) is 0 Å². The van der Waals surface area contributed by atoms with E-state index in [1.807, 2.05) is 0 Å². The number of aromatic carboxylic acids is 1. The van der Waals surface area contributed by atoms with Crippen LogP contribution in [0.4, 0.5) is 5.69 Å². The summed E-state index contributed by atoms with van der Waals surface area (Å²) >= 11 is 0. The zero-order valence-corrected chi connectivity index (χ0v) is 10.5. The molecule has 0 aliphatic carbocycles. The monoisotopic (exact) mass is 271 g/mol. The number of carboxylic acid groups (broad SMARTS) is 1. The summed E-state index contributed by atoms with van der Waals surface area (Å²) < 4.78 is 0. The number of carboxylic acids is 1. The van der Waals surface area contributed by atoms with Crippen LogP contribution in [0, 0.1) is 0 Å². The number of amides is 1. The molecule has 0 bridgehead atoms. The Morgan fingerprint density at radius 1 is 1.00 bits per heavy atom. The van der Waals surface area contributed by atoms with Gasteiger partial charge >= 0.3 is 5.97 Å². The second kappa shape index (κ2) is 5.99. The van der Waals surface area contributed by atoms with Crippen LogP contribution in [-0.4, -0.2) is 22.1 Å². The highest BCUT2D eigenvalue weighted by molar-refractivity contribution is 5.96. The number of carbonyl (C=O) groups excluding carboxylic acids is 1. The third kappa shape index (κ3) is 3.21. The van der Waals surface area contributed by atoms with Crippen molar-refractivity contribution in [3.8, 4) is 0 Å². The fraction of sp³-hybridized carbons (Fsp3) is 0.0667. The second-order valence-electron chi connectivity index (χ2n) is 4.19.